The van der Waals surface area contributed by atoms with Gasteiger partial charge < -0.3 is 33.8 Å². The van der Waals surface area contributed by atoms with Crippen LogP contribution in [0.25, 0.3) is 0 Å². The molecule has 0 aromatic carbocycles. The minimum absolute atomic E-state index is 0.0258. The fraction of sp³-hybridized carbons (Fsp3) is 0.855. The van der Waals surface area contributed by atoms with Crippen LogP contribution in [-0.2, 0) is 65.4 Å². The van der Waals surface area contributed by atoms with Crippen LogP contribution >= 0.6 is 15.6 Å². The monoisotopic (exact) mass is 1490 g/mol. The first kappa shape index (κ1) is 99.0. The molecule has 19 heteroatoms. The van der Waals surface area contributed by atoms with Crippen molar-refractivity contribution in [3.05, 3.63) is 48.6 Å². The summed E-state index contributed by atoms with van der Waals surface area (Å²) in [6, 6.07) is 0. The second kappa shape index (κ2) is 76.2. The molecule has 2 unspecified atom stereocenters. The van der Waals surface area contributed by atoms with E-state index in [1.54, 1.807) is 0 Å². The molecule has 0 bridgehead atoms. The fourth-order valence-corrected chi connectivity index (χ4v) is 13.5. The smallest absolute Gasteiger partial charge is 0.462 e. The van der Waals surface area contributed by atoms with Crippen LogP contribution in [0, 0.1) is 0 Å². The summed E-state index contributed by atoms with van der Waals surface area (Å²) < 4.78 is 68.7. The second-order valence-electron chi connectivity index (χ2n) is 28.4. The molecule has 0 rings (SSSR count). The van der Waals surface area contributed by atoms with E-state index in [0.29, 0.717) is 32.1 Å². The van der Waals surface area contributed by atoms with Gasteiger partial charge >= 0.3 is 39.5 Å². The summed E-state index contributed by atoms with van der Waals surface area (Å²) in [6.07, 6.45) is 75.1. The Balaban J connectivity index is 5.35. The third kappa shape index (κ3) is 75.3. The molecule has 5 atom stereocenters. The van der Waals surface area contributed by atoms with E-state index in [2.05, 4.69) is 64.2 Å². The van der Waals surface area contributed by atoms with Crippen molar-refractivity contribution < 1.29 is 80.2 Å². The number of aliphatic hydroxyl groups excluding tert-OH is 1. The largest absolute Gasteiger partial charge is 0.472 e. The van der Waals surface area contributed by atoms with Gasteiger partial charge in [0.1, 0.15) is 19.3 Å². The lowest BCUT2D eigenvalue weighted by molar-refractivity contribution is -0.161. The Morgan fingerprint density at radius 2 is 0.490 bits per heavy atom. The fourth-order valence-electron chi connectivity index (χ4n) is 11.9. The zero-order valence-electron chi connectivity index (χ0n) is 65.6. The molecule has 0 radical (unpaired) electrons. The Hall–Kier alpha value is -2.98. The van der Waals surface area contributed by atoms with E-state index in [9.17, 15) is 43.2 Å². The molecule has 0 aliphatic heterocycles. The van der Waals surface area contributed by atoms with Gasteiger partial charge in [-0.2, -0.15) is 0 Å². The molecule has 0 amide bonds. The van der Waals surface area contributed by atoms with Crippen molar-refractivity contribution in [2.24, 2.45) is 0 Å². The Labute approximate surface area is 623 Å². The number of phosphoric ester groups is 2. The SMILES string of the molecule is CCCCC/C=C\C/C=C\C/C=C\C/C=C\CCCC(=O)O[C@H](COC(=O)CCCCCCCCCCCCCCCCCCC)COP(=O)(O)OC[C@H](O)COP(=O)(O)OC[C@@H](COC(=O)CCCCCCCCCCCCCCC)OC(=O)CCCCCCCCCCCCCCCCC. The normalized spacial score (nSPS) is 14.1. The van der Waals surface area contributed by atoms with E-state index in [1.807, 2.05) is 12.2 Å². The van der Waals surface area contributed by atoms with Crippen molar-refractivity contribution in [1.29, 1.82) is 0 Å². The van der Waals surface area contributed by atoms with Crippen LogP contribution in [0.1, 0.15) is 400 Å². The first-order chi connectivity index (χ1) is 49.7. The van der Waals surface area contributed by atoms with Gasteiger partial charge in [0.15, 0.2) is 12.2 Å². The number of phosphoric acid groups is 2. The van der Waals surface area contributed by atoms with Crippen LogP contribution < -0.4 is 0 Å². The van der Waals surface area contributed by atoms with E-state index in [-0.39, 0.29) is 25.7 Å². The van der Waals surface area contributed by atoms with Crippen LogP contribution in [0.4, 0.5) is 0 Å². The summed E-state index contributed by atoms with van der Waals surface area (Å²) >= 11 is 0. The molecule has 0 aromatic rings. The second-order valence-corrected chi connectivity index (χ2v) is 31.4. The molecule has 598 valence electrons. The third-order valence-corrected chi connectivity index (χ3v) is 20.2. The summed E-state index contributed by atoms with van der Waals surface area (Å²) in [4.78, 5) is 73.1. The minimum Gasteiger partial charge on any atom is -0.462 e. The van der Waals surface area contributed by atoms with E-state index in [0.717, 1.165) is 89.9 Å². The predicted molar refractivity (Wildman–Crippen MR) is 418 cm³/mol. The number of unbranched alkanes of at least 4 members (excludes halogenated alkanes) is 46. The number of esters is 4. The van der Waals surface area contributed by atoms with Crippen LogP contribution in [-0.4, -0.2) is 96.7 Å². The highest BCUT2D eigenvalue weighted by atomic mass is 31.2. The highest BCUT2D eigenvalue weighted by molar-refractivity contribution is 7.47. The first-order valence-electron chi connectivity index (χ1n) is 41.9. The average Bonchev–Trinajstić information content (AvgIpc) is 0.917. The van der Waals surface area contributed by atoms with E-state index >= 15 is 0 Å². The maximum absolute atomic E-state index is 13.1. The molecule has 0 aromatic heterocycles. The molecule has 0 spiro atoms. The van der Waals surface area contributed by atoms with Gasteiger partial charge in [-0.15, -0.1) is 0 Å². The lowest BCUT2D eigenvalue weighted by Gasteiger charge is -2.21. The maximum atomic E-state index is 13.1. The molecule has 0 heterocycles. The van der Waals surface area contributed by atoms with Gasteiger partial charge in [0.2, 0.25) is 0 Å². The van der Waals surface area contributed by atoms with Crippen molar-refractivity contribution in [2.45, 2.75) is 418 Å². The number of allylic oxidation sites excluding steroid dienone is 8. The number of aliphatic hydroxyl groups is 1. The van der Waals surface area contributed by atoms with Crippen molar-refractivity contribution in [2.75, 3.05) is 39.6 Å². The summed E-state index contributed by atoms with van der Waals surface area (Å²) in [6.45, 7) is 4.90. The number of carbonyl (C=O) groups is 4. The molecular weight excluding hydrogens is 1330 g/mol. The molecular formula is C83H154O17P2. The van der Waals surface area contributed by atoms with Gasteiger partial charge in [-0.3, -0.25) is 37.3 Å². The Morgan fingerprint density at radius 1 is 0.275 bits per heavy atom. The number of rotatable bonds is 80. The summed E-state index contributed by atoms with van der Waals surface area (Å²) in [7, 11) is -9.95. The zero-order chi connectivity index (χ0) is 74.6. The summed E-state index contributed by atoms with van der Waals surface area (Å²) in [5.74, 6) is -2.19. The lowest BCUT2D eigenvalue weighted by atomic mass is 10.0. The molecule has 0 aliphatic rings. The predicted octanol–water partition coefficient (Wildman–Crippen LogP) is 24.5. The zero-order valence-corrected chi connectivity index (χ0v) is 67.3. The molecule has 0 fully saturated rings. The van der Waals surface area contributed by atoms with E-state index in [4.69, 9.17) is 37.0 Å². The molecule has 3 N–H and O–H groups in total. The summed E-state index contributed by atoms with van der Waals surface area (Å²) in [5, 5.41) is 10.6. The van der Waals surface area contributed by atoms with Crippen LogP contribution in [0.3, 0.4) is 0 Å². The van der Waals surface area contributed by atoms with Gasteiger partial charge in [0, 0.05) is 25.7 Å². The minimum atomic E-state index is -4.98. The lowest BCUT2D eigenvalue weighted by Crippen LogP contribution is -2.30. The molecule has 0 saturated heterocycles. The number of hydrogen-bond donors (Lipinski definition) is 3. The van der Waals surface area contributed by atoms with Crippen molar-refractivity contribution in [3.63, 3.8) is 0 Å². The Bertz CT molecular complexity index is 2120. The van der Waals surface area contributed by atoms with Gasteiger partial charge in [0.25, 0.3) is 0 Å². The molecule has 0 saturated carbocycles. The van der Waals surface area contributed by atoms with Crippen molar-refractivity contribution in [3.8, 4) is 0 Å². The van der Waals surface area contributed by atoms with Crippen molar-refractivity contribution >= 4 is 39.5 Å². The van der Waals surface area contributed by atoms with Crippen molar-refractivity contribution in [1.82, 2.24) is 0 Å². The maximum Gasteiger partial charge on any atom is 0.472 e. The standard InChI is InChI=1S/C83H154O17P2/c1-5-9-13-17-21-25-29-33-36-38-41-44-48-52-56-60-64-68-81(86)94-74-79(100-83(88)70-66-62-58-54-50-46-42-39-37-34-30-26-22-18-14-10-6-2)76-98-102(91,92)96-72-77(84)71-95-101(89,90)97-75-78(73-93-80(85)67-63-59-55-51-47-43-32-28-24-20-16-12-8-4)99-82(87)69-65-61-57-53-49-45-40-35-31-27-23-19-15-11-7-3/h22,26,34,37,42,46,54,58,77-79,84H,5-21,23-25,27-33,35-36,38-41,43-45,47-53,55-57,59-76H2,1-4H3,(H,89,90)(H,91,92)/b26-22-,37-34-,46-42-,58-54-/t77-,78-,79-/m1/s1. The number of hydrogen-bond acceptors (Lipinski definition) is 15. The molecule has 102 heavy (non-hydrogen) atoms. The Kier molecular flexibility index (Phi) is 74.0. The highest BCUT2D eigenvalue weighted by Gasteiger charge is 2.30. The average molecular weight is 1490 g/mol. The van der Waals surface area contributed by atoms with E-state index < -0.39 is 97.5 Å². The number of carbonyl (C=O) groups excluding carboxylic acids is 4. The van der Waals surface area contributed by atoms with Crippen LogP contribution in [0.2, 0.25) is 0 Å². The van der Waals surface area contributed by atoms with Gasteiger partial charge in [-0.25, -0.2) is 9.13 Å². The van der Waals surface area contributed by atoms with Crippen LogP contribution in [0.5, 0.6) is 0 Å². The summed E-state index contributed by atoms with van der Waals surface area (Å²) in [5.41, 5.74) is 0. The Morgan fingerprint density at radius 3 is 0.775 bits per heavy atom. The third-order valence-electron chi connectivity index (χ3n) is 18.3. The van der Waals surface area contributed by atoms with E-state index in [1.165, 1.54) is 225 Å². The number of ether oxygens (including phenoxy) is 4. The molecule has 17 nitrogen and oxygen atoms in total. The quantitative estimate of drug-likeness (QED) is 0.0169. The topological polar surface area (TPSA) is 237 Å². The van der Waals surface area contributed by atoms with Crippen LogP contribution in [0.15, 0.2) is 48.6 Å². The van der Waals surface area contributed by atoms with Gasteiger partial charge in [-0.05, 0) is 64.2 Å². The first-order valence-corrected chi connectivity index (χ1v) is 44.9. The van der Waals surface area contributed by atoms with Gasteiger partial charge in [0.05, 0.1) is 26.4 Å². The molecule has 0 aliphatic carbocycles. The highest BCUT2D eigenvalue weighted by Crippen LogP contribution is 2.45. The van der Waals surface area contributed by atoms with Gasteiger partial charge in [-0.1, -0.05) is 359 Å².